The topological polar surface area (TPSA) is 68.5 Å². The molecule has 2 rings (SSSR count). The number of pyridine rings is 1. The number of carboxylic acids is 1. The Kier molecular flexibility index (Phi) is 4.42. The number of nitrogens with zero attached hydrogens (tertiary/aromatic N) is 1. The summed E-state index contributed by atoms with van der Waals surface area (Å²) in [5.41, 5.74) is 2.44. The summed E-state index contributed by atoms with van der Waals surface area (Å²) in [6, 6.07) is 9.18. The lowest BCUT2D eigenvalue weighted by Crippen LogP contribution is -2.17. The molecule has 0 aliphatic heterocycles. The van der Waals surface area contributed by atoms with Crippen LogP contribution in [-0.2, 0) is 17.9 Å². The summed E-state index contributed by atoms with van der Waals surface area (Å²) in [6.07, 6.45) is 1.44. The number of rotatable bonds is 5. The minimum absolute atomic E-state index is 0.155. The molecular weight excluding hydrogens is 270 g/mol. The minimum Gasteiger partial charge on any atom is -0.483 e. The first-order chi connectivity index (χ1) is 9.95. The molecule has 5 nitrogen and oxygen atoms in total. The van der Waals surface area contributed by atoms with Gasteiger partial charge in [-0.05, 0) is 19.4 Å². The second kappa shape index (κ2) is 6.26. The molecule has 0 saturated heterocycles. The monoisotopic (exact) mass is 287 g/mol. The van der Waals surface area contributed by atoms with Gasteiger partial charge in [-0.2, -0.15) is 0 Å². The maximum atomic E-state index is 11.9. The van der Waals surface area contributed by atoms with Crippen molar-refractivity contribution in [1.29, 1.82) is 0 Å². The lowest BCUT2D eigenvalue weighted by Gasteiger charge is -2.11. The largest absolute Gasteiger partial charge is 0.483 e. The van der Waals surface area contributed by atoms with Crippen molar-refractivity contribution in [3.8, 4) is 5.75 Å². The van der Waals surface area contributed by atoms with Crippen molar-refractivity contribution in [2.45, 2.75) is 27.0 Å². The molecule has 2 aromatic rings. The van der Waals surface area contributed by atoms with Gasteiger partial charge in [-0.1, -0.05) is 29.8 Å². The van der Waals surface area contributed by atoms with Crippen molar-refractivity contribution in [2.24, 2.45) is 0 Å². The van der Waals surface area contributed by atoms with E-state index in [2.05, 4.69) is 0 Å². The summed E-state index contributed by atoms with van der Waals surface area (Å²) in [6.45, 7) is 3.75. The van der Waals surface area contributed by atoms with Crippen LogP contribution >= 0.6 is 0 Å². The highest BCUT2D eigenvalue weighted by Gasteiger charge is 2.08. The van der Waals surface area contributed by atoms with Crippen LogP contribution in [0.3, 0.4) is 0 Å². The molecule has 0 aliphatic rings. The van der Waals surface area contributed by atoms with Crippen molar-refractivity contribution in [3.63, 3.8) is 0 Å². The second-order valence-electron chi connectivity index (χ2n) is 4.94. The summed E-state index contributed by atoms with van der Waals surface area (Å²) in [4.78, 5) is 22.7. The Balaban J connectivity index is 2.17. The van der Waals surface area contributed by atoms with E-state index in [-0.39, 0.29) is 24.3 Å². The molecule has 0 aliphatic carbocycles. The number of benzene rings is 1. The summed E-state index contributed by atoms with van der Waals surface area (Å²) in [5, 5.41) is 8.85. The number of aromatic nitrogens is 1. The Morgan fingerprint density at radius 2 is 1.90 bits per heavy atom. The zero-order chi connectivity index (χ0) is 15.4. The first-order valence-corrected chi connectivity index (χ1v) is 6.57. The highest BCUT2D eigenvalue weighted by molar-refractivity contribution is 5.66. The fraction of sp³-hybridized carbons (Fsp3) is 0.250. The van der Waals surface area contributed by atoms with Crippen LogP contribution in [0.5, 0.6) is 5.75 Å². The highest BCUT2D eigenvalue weighted by Crippen LogP contribution is 2.10. The van der Waals surface area contributed by atoms with Crippen LogP contribution in [0.15, 0.2) is 41.3 Å². The number of aryl methyl sites for hydroxylation is 2. The van der Waals surface area contributed by atoms with Crippen molar-refractivity contribution in [2.75, 3.05) is 0 Å². The van der Waals surface area contributed by atoms with Gasteiger partial charge in [0, 0.05) is 11.8 Å². The molecule has 0 atom stereocenters. The summed E-state index contributed by atoms with van der Waals surface area (Å²) in [7, 11) is 0. The van der Waals surface area contributed by atoms with Crippen LogP contribution in [0.4, 0.5) is 0 Å². The van der Waals surface area contributed by atoms with Gasteiger partial charge in [0.25, 0.3) is 0 Å². The van der Waals surface area contributed by atoms with Crippen molar-refractivity contribution < 1.29 is 14.6 Å². The van der Waals surface area contributed by atoms with Crippen LogP contribution in [0.2, 0.25) is 0 Å². The number of carbonyl (C=O) groups is 1. The van der Waals surface area contributed by atoms with Gasteiger partial charge in [0.1, 0.15) is 13.2 Å². The molecule has 0 saturated carbocycles. The molecular formula is C16H17NO4. The van der Waals surface area contributed by atoms with Gasteiger partial charge < -0.3 is 14.4 Å². The first-order valence-electron chi connectivity index (χ1n) is 6.57. The zero-order valence-electron chi connectivity index (χ0n) is 12.0. The van der Waals surface area contributed by atoms with E-state index in [1.165, 1.54) is 16.8 Å². The molecule has 1 N–H and O–H groups in total. The number of hydrogen-bond donors (Lipinski definition) is 1. The Bertz CT molecular complexity index is 701. The summed E-state index contributed by atoms with van der Waals surface area (Å²) >= 11 is 0. The predicted octanol–water partition coefficient (Wildman–Crippen LogP) is 2.13. The molecule has 0 spiro atoms. The smallest absolute Gasteiger partial charge is 0.323 e. The van der Waals surface area contributed by atoms with E-state index in [1.807, 2.05) is 31.2 Å². The third-order valence-corrected chi connectivity index (χ3v) is 3.13. The zero-order valence-corrected chi connectivity index (χ0v) is 12.0. The third-order valence-electron chi connectivity index (χ3n) is 3.13. The molecule has 21 heavy (non-hydrogen) atoms. The Morgan fingerprint density at radius 1 is 1.24 bits per heavy atom. The SMILES string of the molecule is Cc1ccc(COc2cn(CC(=O)O)c(C)cc2=O)cc1. The van der Waals surface area contributed by atoms with Gasteiger partial charge in [0.2, 0.25) is 5.43 Å². The molecule has 0 unspecified atom stereocenters. The number of carboxylic acid groups (broad SMARTS) is 1. The van der Waals surface area contributed by atoms with E-state index in [4.69, 9.17) is 9.84 Å². The van der Waals surface area contributed by atoms with Crippen LogP contribution < -0.4 is 10.2 Å². The summed E-state index contributed by atoms with van der Waals surface area (Å²) in [5.74, 6) is -0.811. The molecule has 0 radical (unpaired) electrons. The van der Waals surface area contributed by atoms with E-state index in [1.54, 1.807) is 6.92 Å². The summed E-state index contributed by atoms with van der Waals surface area (Å²) < 4.78 is 6.99. The Hall–Kier alpha value is -2.56. The van der Waals surface area contributed by atoms with Crippen LogP contribution in [0, 0.1) is 13.8 Å². The van der Waals surface area contributed by atoms with E-state index in [0.717, 1.165) is 11.1 Å². The van der Waals surface area contributed by atoms with Crippen molar-refractivity contribution in [1.82, 2.24) is 4.57 Å². The van der Waals surface area contributed by atoms with E-state index in [0.29, 0.717) is 5.69 Å². The second-order valence-corrected chi connectivity index (χ2v) is 4.94. The number of ether oxygens (including phenoxy) is 1. The fourth-order valence-electron chi connectivity index (χ4n) is 1.92. The molecule has 110 valence electrons. The molecule has 1 aromatic heterocycles. The average molecular weight is 287 g/mol. The van der Waals surface area contributed by atoms with E-state index >= 15 is 0 Å². The maximum Gasteiger partial charge on any atom is 0.323 e. The molecule has 1 heterocycles. The normalized spacial score (nSPS) is 10.4. The van der Waals surface area contributed by atoms with Gasteiger partial charge in [-0.3, -0.25) is 9.59 Å². The quantitative estimate of drug-likeness (QED) is 0.914. The van der Waals surface area contributed by atoms with Crippen LogP contribution in [0.1, 0.15) is 16.8 Å². The average Bonchev–Trinajstić information content (AvgIpc) is 2.42. The standard InChI is InChI=1S/C16H17NO4/c1-11-3-5-13(6-4-11)10-21-15-8-17(9-16(19)20)12(2)7-14(15)18/h3-8H,9-10H2,1-2H3,(H,19,20). The number of hydrogen-bond acceptors (Lipinski definition) is 3. The van der Waals surface area contributed by atoms with Crippen molar-refractivity contribution in [3.05, 3.63) is 63.6 Å². The van der Waals surface area contributed by atoms with Gasteiger partial charge in [-0.25, -0.2) is 0 Å². The van der Waals surface area contributed by atoms with Crippen LogP contribution in [0.25, 0.3) is 0 Å². The number of aliphatic carboxylic acids is 1. The lowest BCUT2D eigenvalue weighted by molar-refractivity contribution is -0.137. The van der Waals surface area contributed by atoms with E-state index < -0.39 is 5.97 Å². The van der Waals surface area contributed by atoms with Gasteiger partial charge in [0.15, 0.2) is 5.75 Å². The molecule has 0 amide bonds. The van der Waals surface area contributed by atoms with Gasteiger partial charge >= 0.3 is 5.97 Å². The predicted molar refractivity (Wildman–Crippen MR) is 78.6 cm³/mol. The third kappa shape index (κ3) is 3.95. The molecule has 5 heteroatoms. The first kappa shape index (κ1) is 14.8. The fourth-order valence-corrected chi connectivity index (χ4v) is 1.92. The molecule has 0 bridgehead atoms. The molecule has 0 fully saturated rings. The van der Waals surface area contributed by atoms with Crippen LogP contribution in [-0.4, -0.2) is 15.6 Å². The highest BCUT2D eigenvalue weighted by atomic mass is 16.5. The minimum atomic E-state index is -0.966. The Morgan fingerprint density at radius 3 is 2.52 bits per heavy atom. The lowest BCUT2D eigenvalue weighted by atomic mass is 10.2. The Labute approximate surface area is 122 Å². The maximum absolute atomic E-state index is 11.9. The van der Waals surface area contributed by atoms with E-state index in [9.17, 15) is 9.59 Å². The van der Waals surface area contributed by atoms with Gasteiger partial charge in [0.05, 0.1) is 6.20 Å². The van der Waals surface area contributed by atoms with Crippen molar-refractivity contribution >= 4 is 5.97 Å². The molecule has 1 aromatic carbocycles. The van der Waals surface area contributed by atoms with Gasteiger partial charge in [-0.15, -0.1) is 0 Å².